The van der Waals surface area contributed by atoms with Crippen molar-refractivity contribution >= 4 is 37.0 Å². The van der Waals surface area contributed by atoms with Crippen LogP contribution >= 0.6 is 7.29 Å². The maximum Gasteiger partial charge on any atom is 0.326 e. The van der Waals surface area contributed by atoms with Crippen LogP contribution in [0.4, 0.5) is 0 Å². The van der Waals surface area contributed by atoms with Crippen LogP contribution in [0, 0.1) is 0 Å². The third-order valence-electron chi connectivity index (χ3n) is 8.48. The summed E-state index contributed by atoms with van der Waals surface area (Å²) in [5, 5.41) is 33.3. The van der Waals surface area contributed by atoms with Crippen LogP contribution in [0.3, 0.4) is 0 Å². The second-order valence-electron chi connectivity index (χ2n) is 12.9. The van der Waals surface area contributed by atoms with Gasteiger partial charge in [0.15, 0.2) is 13.3 Å². The third-order valence-corrected chi connectivity index (χ3v) is 11.1. The van der Waals surface area contributed by atoms with Gasteiger partial charge in [-0.05, 0) is 61.4 Å². The van der Waals surface area contributed by atoms with E-state index in [-0.39, 0.29) is 36.4 Å². The number of nitrogens with one attached hydrogen (secondary N) is 2. The number of aliphatic carboxylic acids is 2. The SMILES string of the molecule is C[C@H](NP(=O)(Cc1ccccc1)Cc1ccccc1)C(=O)N1CCC[C@H]1C(=O)N[C@@H](Cc1ccc(O)cc1)C(=O)O.NC(N)=NCCC[C@H](N)C(=O)O. The number of benzene rings is 3. The number of nitrogens with zero attached hydrogens (tertiary/aromatic N) is 2. The zero-order valence-electron chi connectivity index (χ0n) is 29.7. The normalized spacial score (nSPS) is 15.6. The molecule has 15 nitrogen and oxygen atoms in total. The molecule has 4 rings (SSSR count). The monoisotopic (exact) mass is 751 g/mol. The summed E-state index contributed by atoms with van der Waals surface area (Å²) in [6.07, 6.45) is 2.52. The number of carbonyl (C=O) groups is 4. The van der Waals surface area contributed by atoms with Gasteiger partial charge in [0.05, 0.1) is 6.04 Å². The molecule has 0 unspecified atom stereocenters. The average molecular weight is 752 g/mol. The number of aromatic hydroxyl groups is 1. The van der Waals surface area contributed by atoms with E-state index < -0.39 is 49.3 Å². The van der Waals surface area contributed by atoms with Gasteiger partial charge in [-0.15, -0.1) is 0 Å². The minimum absolute atomic E-state index is 0.0129. The van der Waals surface area contributed by atoms with Gasteiger partial charge >= 0.3 is 11.9 Å². The Bertz CT molecular complexity index is 1680. The van der Waals surface area contributed by atoms with Crippen molar-refractivity contribution in [2.24, 2.45) is 22.2 Å². The molecule has 11 N–H and O–H groups in total. The summed E-state index contributed by atoms with van der Waals surface area (Å²) in [5.41, 5.74) is 17.7. The Labute approximate surface area is 309 Å². The molecule has 286 valence electrons. The van der Waals surface area contributed by atoms with Crippen molar-refractivity contribution in [3.05, 3.63) is 102 Å². The van der Waals surface area contributed by atoms with Crippen molar-refractivity contribution in [3.63, 3.8) is 0 Å². The van der Waals surface area contributed by atoms with E-state index in [9.17, 15) is 34.0 Å². The second-order valence-corrected chi connectivity index (χ2v) is 15.6. The Balaban J connectivity index is 0.000000541. The lowest BCUT2D eigenvalue weighted by atomic mass is 10.0. The number of carboxylic acid groups (broad SMARTS) is 2. The maximum atomic E-state index is 14.3. The van der Waals surface area contributed by atoms with Gasteiger partial charge in [0.1, 0.15) is 23.9 Å². The fourth-order valence-electron chi connectivity index (χ4n) is 5.84. The van der Waals surface area contributed by atoms with Crippen LogP contribution in [-0.4, -0.2) is 87.2 Å². The number of carbonyl (C=O) groups excluding carboxylic acids is 2. The van der Waals surface area contributed by atoms with Crippen molar-refractivity contribution in [2.45, 2.75) is 75.5 Å². The zero-order valence-corrected chi connectivity index (χ0v) is 30.6. The third kappa shape index (κ3) is 14.4. The summed E-state index contributed by atoms with van der Waals surface area (Å²) < 4.78 is 14.3. The van der Waals surface area contributed by atoms with E-state index >= 15 is 0 Å². The van der Waals surface area contributed by atoms with Crippen molar-refractivity contribution < 1.29 is 39.1 Å². The van der Waals surface area contributed by atoms with Crippen LogP contribution < -0.4 is 27.6 Å². The lowest BCUT2D eigenvalue weighted by Crippen LogP contribution is -2.54. The van der Waals surface area contributed by atoms with Gasteiger partial charge in [0.2, 0.25) is 11.8 Å². The highest BCUT2D eigenvalue weighted by Crippen LogP contribution is 2.49. The number of nitrogens with two attached hydrogens (primary N) is 3. The van der Waals surface area contributed by atoms with E-state index in [0.29, 0.717) is 44.3 Å². The summed E-state index contributed by atoms with van der Waals surface area (Å²) in [7, 11) is -3.13. The Hall–Kier alpha value is -5.24. The van der Waals surface area contributed by atoms with Crippen molar-refractivity contribution in [1.29, 1.82) is 0 Å². The molecule has 1 aliphatic rings. The first-order valence-corrected chi connectivity index (χ1v) is 19.3. The van der Waals surface area contributed by atoms with Crippen LogP contribution in [0.1, 0.15) is 49.3 Å². The summed E-state index contributed by atoms with van der Waals surface area (Å²) >= 11 is 0. The predicted molar refractivity (Wildman–Crippen MR) is 202 cm³/mol. The summed E-state index contributed by atoms with van der Waals surface area (Å²) in [6, 6.07) is 21.4. The van der Waals surface area contributed by atoms with Crippen molar-refractivity contribution in [3.8, 4) is 5.75 Å². The quantitative estimate of drug-likeness (QED) is 0.0428. The molecule has 4 atom stereocenters. The van der Waals surface area contributed by atoms with E-state index in [2.05, 4.69) is 15.4 Å². The van der Waals surface area contributed by atoms with Crippen LogP contribution in [-0.2, 0) is 42.5 Å². The van der Waals surface area contributed by atoms with Crippen molar-refractivity contribution in [1.82, 2.24) is 15.3 Å². The number of aliphatic imine (C=N–C) groups is 1. The topological polar surface area (TPSA) is 264 Å². The molecular formula is C37H50N7O8P. The molecule has 1 heterocycles. The molecule has 16 heteroatoms. The highest BCUT2D eigenvalue weighted by Gasteiger charge is 2.39. The smallest absolute Gasteiger partial charge is 0.326 e. The fourth-order valence-corrected chi connectivity index (χ4v) is 8.55. The maximum absolute atomic E-state index is 14.3. The molecule has 0 spiro atoms. The molecule has 1 saturated heterocycles. The van der Waals surface area contributed by atoms with Gasteiger partial charge in [-0.1, -0.05) is 72.8 Å². The number of hydrogen-bond donors (Lipinski definition) is 8. The summed E-state index contributed by atoms with van der Waals surface area (Å²) in [5.74, 6) is -3.01. The largest absolute Gasteiger partial charge is 0.508 e. The number of carboxylic acids is 2. The van der Waals surface area contributed by atoms with E-state index in [1.165, 1.54) is 17.0 Å². The number of phenolic OH excluding ortho intramolecular Hbond substituents is 1. The van der Waals surface area contributed by atoms with Crippen LogP contribution in [0.15, 0.2) is 89.9 Å². The minimum atomic E-state index is -3.13. The Kier molecular flexibility index (Phi) is 16.5. The molecule has 53 heavy (non-hydrogen) atoms. The second kappa shape index (κ2) is 20.7. The Morgan fingerprint density at radius 1 is 0.887 bits per heavy atom. The number of phenols is 1. The molecule has 0 aromatic heterocycles. The fraction of sp³-hybridized carbons (Fsp3) is 0.378. The highest BCUT2D eigenvalue weighted by molar-refractivity contribution is 7.60. The first-order chi connectivity index (χ1) is 25.2. The minimum Gasteiger partial charge on any atom is -0.508 e. The van der Waals surface area contributed by atoms with E-state index in [4.69, 9.17) is 22.3 Å². The number of hydrogen-bond acceptors (Lipinski definition) is 8. The van der Waals surface area contributed by atoms with E-state index in [1.807, 2.05) is 60.7 Å². The molecule has 0 saturated carbocycles. The van der Waals surface area contributed by atoms with Gasteiger partial charge in [-0.3, -0.25) is 24.5 Å². The van der Waals surface area contributed by atoms with E-state index in [0.717, 1.165) is 11.1 Å². The first kappa shape index (κ1) is 42.2. The van der Waals surface area contributed by atoms with Crippen molar-refractivity contribution in [2.75, 3.05) is 13.1 Å². The highest BCUT2D eigenvalue weighted by atomic mass is 31.2. The lowest BCUT2D eigenvalue weighted by molar-refractivity contribution is -0.144. The van der Waals surface area contributed by atoms with E-state index in [1.54, 1.807) is 19.1 Å². The Morgan fingerprint density at radius 3 is 1.96 bits per heavy atom. The van der Waals surface area contributed by atoms with Crippen LogP contribution in [0.25, 0.3) is 0 Å². The molecular weight excluding hydrogens is 701 g/mol. The molecule has 1 fully saturated rings. The van der Waals surface area contributed by atoms with Gasteiger partial charge in [0, 0.05) is 31.8 Å². The zero-order chi connectivity index (χ0) is 39.0. The average Bonchev–Trinajstić information content (AvgIpc) is 3.61. The Morgan fingerprint density at radius 2 is 1.45 bits per heavy atom. The predicted octanol–water partition coefficient (Wildman–Crippen LogP) is 2.60. The number of rotatable bonds is 17. The molecule has 0 aliphatic carbocycles. The number of guanidine groups is 1. The molecule has 0 radical (unpaired) electrons. The lowest BCUT2D eigenvalue weighted by Gasteiger charge is -2.30. The first-order valence-electron chi connectivity index (χ1n) is 17.3. The number of likely N-dealkylation sites (tertiary alicyclic amines) is 1. The standard InChI is InChI=1S/C31H36N3O6P.C6H14N4O2/c1-22(33-41(40,20-24-9-4-2-5-10-24)21-25-11-6-3-7-12-25)30(37)34-18-8-13-28(34)29(36)32-27(31(38)39)19-23-14-16-26(35)17-15-23;7-4(5(11)12)2-1-3-10-6(8)9/h2-7,9-12,14-17,22,27-28,35H,8,13,18-21H2,1H3,(H,32,36)(H,33,40)(H,38,39);4H,1-3,7H2,(H,11,12)(H4,8,9,10)/t22-,27-,28-;4-/m00/s1. The summed E-state index contributed by atoms with van der Waals surface area (Å²) in [4.78, 5) is 54.1. The number of amides is 2. The van der Waals surface area contributed by atoms with Gasteiger partial charge in [0.25, 0.3) is 0 Å². The van der Waals surface area contributed by atoms with Crippen LogP contribution in [0.2, 0.25) is 0 Å². The molecule has 2 amide bonds. The molecule has 3 aromatic carbocycles. The molecule has 0 bridgehead atoms. The molecule has 1 aliphatic heterocycles. The van der Waals surface area contributed by atoms with Gasteiger partial charge in [-0.2, -0.15) is 0 Å². The van der Waals surface area contributed by atoms with Crippen LogP contribution in [0.5, 0.6) is 5.75 Å². The molecule has 3 aromatic rings. The summed E-state index contributed by atoms with van der Waals surface area (Å²) in [6.45, 7) is 2.42. The van der Waals surface area contributed by atoms with Gasteiger partial charge in [-0.25, -0.2) is 4.79 Å². The van der Waals surface area contributed by atoms with Gasteiger partial charge < -0.3 is 47.3 Å².